The third kappa shape index (κ3) is 7.74. The van der Waals surface area contributed by atoms with E-state index in [-0.39, 0.29) is 12.5 Å². The van der Waals surface area contributed by atoms with E-state index >= 15 is 0 Å². The van der Waals surface area contributed by atoms with Gasteiger partial charge in [0.2, 0.25) is 5.91 Å². The van der Waals surface area contributed by atoms with E-state index in [1.807, 2.05) is 25.7 Å². The third-order valence-corrected chi connectivity index (χ3v) is 2.48. The monoisotopic (exact) mass is 244 g/mol. The molecule has 0 spiro atoms. The highest BCUT2D eigenvalue weighted by atomic mass is 16.4. The third-order valence-electron chi connectivity index (χ3n) is 2.48. The second-order valence-electron chi connectivity index (χ2n) is 4.76. The fourth-order valence-corrected chi connectivity index (χ4v) is 1.35. The first-order chi connectivity index (χ1) is 7.86. The summed E-state index contributed by atoms with van der Waals surface area (Å²) in [6.07, 6.45) is 0. The van der Waals surface area contributed by atoms with Gasteiger partial charge in [-0.25, -0.2) is 0 Å². The average Bonchev–Trinajstić information content (AvgIpc) is 2.25. The van der Waals surface area contributed by atoms with E-state index in [0.29, 0.717) is 25.6 Å². The number of carbonyl (C=O) groups is 2. The van der Waals surface area contributed by atoms with Gasteiger partial charge in [0.15, 0.2) is 0 Å². The largest absolute Gasteiger partial charge is 0.481 e. The van der Waals surface area contributed by atoms with Crippen LogP contribution >= 0.6 is 0 Å². The van der Waals surface area contributed by atoms with Crippen LogP contribution in [-0.4, -0.2) is 48.1 Å². The quantitative estimate of drug-likeness (QED) is 0.662. The number of amides is 1. The second-order valence-corrected chi connectivity index (χ2v) is 4.76. The summed E-state index contributed by atoms with van der Waals surface area (Å²) in [7, 11) is 0. The topological polar surface area (TPSA) is 69.6 Å². The summed E-state index contributed by atoms with van der Waals surface area (Å²) >= 11 is 0. The fourth-order valence-electron chi connectivity index (χ4n) is 1.35. The summed E-state index contributed by atoms with van der Waals surface area (Å²) in [4.78, 5) is 24.1. The van der Waals surface area contributed by atoms with Crippen LogP contribution < -0.4 is 5.32 Å². The Kier molecular flexibility index (Phi) is 7.54. The number of nitrogens with zero attached hydrogens (tertiary/aromatic N) is 1. The number of likely N-dealkylation sites (N-methyl/N-ethyl adjacent to an activating group) is 1. The van der Waals surface area contributed by atoms with Gasteiger partial charge in [0.25, 0.3) is 0 Å². The van der Waals surface area contributed by atoms with Gasteiger partial charge in [-0.1, -0.05) is 27.7 Å². The molecule has 17 heavy (non-hydrogen) atoms. The maximum atomic E-state index is 11.6. The molecular formula is C12H24N2O3. The molecule has 0 aliphatic rings. The molecule has 0 fully saturated rings. The van der Waals surface area contributed by atoms with Crippen molar-refractivity contribution < 1.29 is 14.7 Å². The van der Waals surface area contributed by atoms with Gasteiger partial charge < -0.3 is 10.4 Å². The maximum Gasteiger partial charge on any atom is 0.307 e. The molecular weight excluding hydrogens is 220 g/mol. The zero-order chi connectivity index (χ0) is 13.4. The predicted molar refractivity (Wildman–Crippen MR) is 66.8 cm³/mol. The van der Waals surface area contributed by atoms with E-state index in [0.717, 1.165) is 0 Å². The summed E-state index contributed by atoms with van der Waals surface area (Å²) in [6, 6.07) is 0. The molecule has 0 radical (unpaired) electrons. The Balaban J connectivity index is 4.03. The second kappa shape index (κ2) is 8.06. The fraction of sp³-hybridized carbons (Fsp3) is 0.833. The van der Waals surface area contributed by atoms with Crippen LogP contribution in [0.25, 0.3) is 0 Å². The molecule has 0 aromatic rings. The van der Waals surface area contributed by atoms with Crippen LogP contribution in [0.4, 0.5) is 0 Å². The minimum absolute atomic E-state index is 0.0434. The molecule has 0 saturated carbocycles. The van der Waals surface area contributed by atoms with Crippen molar-refractivity contribution in [2.24, 2.45) is 11.8 Å². The first-order valence-corrected chi connectivity index (χ1v) is 6.08. The normalized spacial score (nSPS) is 12.8. The number of carbonyl (C=O) groups excluding carboxylic acids is 1. The lowest BCUT2D eigenvalue weighted by Crippen LogP contribution is -2.41. The van der Waals surface area contributed by atoms with Crippen LogP contribution in [0.5, 0.6) is 0 Å². The summed E-state index contributed by atoms with van der Waals surface area (Å²) in [6.45, 7) is 9.63. The maximum absolute atomic E-state index is 11.6. The van der Waals surface area contributed by atoms with Gasteiger partial charge in [0.05, 0.1) is 12.5 Å². The SMILES string of the molecule is CCN(CC(=O)NCC(C)C)CC(C)C(=O)O. The Labute approximate surface area is 103 Å². The predicted octanol–water partition coefficient (Wildman–Crippen LogP) is 0.801. The molecule has 1 amide bonds. The Morgan fingerprint density at radius 1 is 1.29 bits per heavy atom. The Hall–Kier alpha value is -1.10. The van der Waals surface area contributed by atoms with Crippen LogP contribution in [-0.2, 0) is 9.59 Å². The highest BCUT2D eigenvalue weighted by molar-refractivity contribution is 5.78. The first kappa shape index (κ1) is 15.9. The van der Waals surface area contributed by atoms with Gasteiger partial charge in [-0.2, -0.15) is 0 Å². The molecule has 5 nitrogen and oxygen atoms in total. The van der Waals surface area contributed by atoms with E-state index in [1.165, 1.54) is 0 Å². The van der Waals surface area contributed by atoms with Gasteiger partial charge >= 0.3 is 5.97 Å². The number of carboxylic acids is 1. The van der Waals surface area contributed by atoms with E-state index in [1.54, 1.807) is 6.92 Å². The number of rotatable bonds is 8. The Bertz CT molecular complexity index is 254. The summed E-state index contributed by atoms with van der Waals surface area (Å²) in [5.41, 5.74) is 0. The first-order valence-electron chi connectivity index (χ1n) is 6.08. The molecule has 100 valence electrons. The van der Waals surface area contributed by atoms with Gasteiger partial charge in [-0.05, 0) is 12.5 Å². The van der Waals surface area contributed by atoms with E-state index in [9.17, 15) is 9.59 Å². The van der Waals surface area contributed by atoms with E-state index in [4.69, 9.17) is 5.11 Å². The molecule has 0 bridgehead atoms. The lowest BCUT2D eigenvalue weighted by atomic mass is 10.1. The van der Waals surface area contributed by atoms with Crippen LogP contribution in [0, 0.1) is 11.8 Å². The number of hydrogen-bond acceptors (Lipinski definition) is 3. The van der Waals surface area contributed by atoms with Crippen molar-refractivity contribution in [2.75, 3.05) is 26.2 Å². The standard InChI is InChI=1S/C12H24N2O3/c1-5-14(7-10(4)12(16)17)8-11(15)13-6-9(2)3/h9-10H,5-8H2,1-4H3,(H,13,15)(H,16,17). The van der Waals surface area contributed by atoms with Crippen LogP contribution in [0.3, 0.4) is 0 Å². The smallest absolute Gasteiger partial charge is 0.307 e. The average molecular weight is 244 g/mol. The molecule has 2 N–H and O–H groups in total. The van der Waals surface area contributed by atoms with Crippen molar-refractivity contribution in [1.29, 1.82) is 0 Å². The van der Waals surface area contributed by atoms with Crippen molar-refractivity contribution in [2.45, 2.75) is 27.7 Å². The molecule has 0 aromatic heterocycles. The lowest BCUT2D eigenvalue weighted by molar-refractivity contribution is -0.142. The summed E-state index contributed by atoms with van der Waals surface area (Å²) in [5, 5.41) is 11.6. The molecule has 0 aliphatic heterocycles. The van der Waals surface area contributed by atoms with Crippen molar-refractivity contribution in [3.63, 3.8) is 0 Å². The molecule has 0 heterocycles. The van der Waals surface area contributed by atoms with E-state index in [2.05, 4.69) is 5.32 Å². The van der Waals surface area contributed by atoms with Crippen molar-refractivity contribution in [1.82, 2.24) is 10.2 Å². The highest BCUT2D eigenvalue weighted by Gasteiger charge is 2.17. The van der Waals surface area contributed by atoms with Gasteiger partial charge in [0, 0.05) is 13.1 Å². The van der Waals surface area contributed by atoms with Crippen LogP contribution in [0.1, 0.15) is 27.7 Å². The summed E-state index contributed by atoms with van der Waals surface area (Å²) < 4.78 is 0. The molecule has 0 aliphatic carbocycles. The number of carboxylic acid groups (broad SMARTS) is 1. The van der Waals surface area contributed by atoms with E-state index < -0.39 is 11.9 Å². The van der Waals surface area contributed by atoms with Gasteiger partial charge in [0.1, 0.15) is 0 Å². The highest BCUT2D eigenvalue weighted by Crippen LogP contribution is 2.00. The van der Waals surface area contributed by atoms with Crippen molar-refractivity contribution in [3.05, 3.63) is 0 Å². The van der Waals surface area contributed by atoms with Gasteiger partial charge in [-0.15, -0.1) is 0 Å². The molecule has 1 unspecified atom stereocenters. The van der Waals surface area contributed by atoms with Crippen LogP contribution in [0.2, 0.25) is 0 Å². The van der Waals surface area contributed by atoms with Crippen molar-refractivity contribution >= 4 is 11.9 Å². The molecule has 0 rings (SSSR count). The zero-order valence-corrected chi connectivity index (χ0v) is 11.2. The van der Waals surface area contributed by atoms with Crippen molar-refractivity contribution in [3.8, 4) is 0 Å². The Morgan fingerprint density at radius 3 is 2.29 bits per heavy atom. The molecule has 1 atom stereocenters. The molecule has 0 aromatic carbocycles. The summed E-state index contributed by atoms with van der Waals surface area (Å²) in [5.74, 6) is -0.899. The van der Waals surface area contributed by atoms with Gasteiger partial charge in [-0.3, -0.25) is 14.5 Å². The van der Waals surface area contributed by atoms with Crippen LogP contribution in [0.15, 0.2) is 0 Å². The minimum atomic E-state index is -0.828. The Morgan fingerprint density at radius 2 is 1.88 bits per heavy atom. The molecule has 5 heteroatoms. The molecule has 0 saturated heterocycles. The lowest BCUT2D eigenvalue weighted by Gasteiger charge is -2.22. The number of aliphatic carboxylic acids is 1. The minimum Gasteiger partial charge on any atom is -0.481 e. The zero-order valence-electron chi connectivity index (χ0n) is 11.2. The number of hydrogen-bond donors (Lipinski definition) is 2. The number of nitrogens with one attached hydrogen (secondary N) is 1.